The molecule has 2 rings (SSSR count). The van der Waals surface area contributed by atoms with Crippen molar-refractivity contribution in [2.24, 2.45) is 0 Å². The van der Waals surface area contributed by atoms with E-state index in [1.54, 1.807) is 50.2 Å². The van der Waals surface area contributed by atoms with Gasteiger partial charge in [0.15, 0.2) is 6.10 Å². The van der Waals surface area contributed by atoms with Crippen molar-refractivity contribution in [1.82, 2.24) is 0 Å². The molecule has 0 unspecified atom stereocenters. The molecule has 0 heterocycles. The minimum atomic E-state index is -1.30. The standard InChI is InChI=1S/C19H20ClNO4S/c1-4-26(24)17-11-6-5-8-14(17)19(23)25-13(3)18(22)21-16-10-7-9-15(20)12(16)2/h5-11,13H,4H2,1-3H3,(H,21,22)/t13-,26-/m0/s1. The zero-order valence-corrected chi connectivity index (χ0v) is 16.3. The van der Waals surface area contributed by atoms with Crippen molar-refractivity contribution in [3.63, 3.8) is 0 Å². The number of ether oxygens (including phenoxy) is 1. The van der Waals surface area contributed by atoms with Gasteiger partial charge in [-0.3, -0.25) is 9.00 Å². The van der Waals surface area contributed by atoms with Crippen LogP contribution in [-0.2, 0) is 20.3 Å². The second-order valence-corrected chi connectivity index (χ2v) is 7.69. The van der Waals surface area contributed by atoms with E-state index in [0.29, 0.717) is 21.4 Å². The lowest BCUT2D eigenvalue weighted by atomic mass is 10.2. The summed E-state index contributed by atoms with van der Waals surface area (Å²) in [6, 6.07) is 11.7. The smallest absolute Gasteiger partial charge is 0.340 e. The van der Waals surface area contributed by atoms with E-state index in [1.807, 2.05) is 0 Å². The van der Waals surface area contributed by atoms with Crippen molar-refractivity contribution in [3.8, 4) is 0 Å². The maximum absolute atomic E-state index is 12.4. The van der Waals surface area contributed by atoms with Crippen LogP contribution in [0.3, 0.4) is 0 Å². The summed E-state index contributed by atoms with van der Waals surface area (Å²) >= 11 is 6.04. The number of esters is 1. The molecule has 0 aliphatic rings. The zero-order chi connectivity index (χ0) is 19.3. The molecule has 2 atom stereocenters. The number of nitrogens with one attached hydrogen (secondary N) is 1. The molecule has 0 saturated heterocycles. The predicted molar refractivity (Wildman–Crippen MR) is 103 cm³/mol. The number of hydrogen-bond acceptors (Lipinski definition) is 4. The van der Waals surface area contributed by atoms with Gasteiger partial charge in [0.25, 0.3) is 5.91 Å². The molecule has 0 bridgehead atoms. The third-order valence-electron chi connectivity index (χ3n) is 3.79. The van der Waals surface area contributed by atoms with Crippen LogP contribution in [0, 0.1) is 6.92 Å². The van der Waals surface area contributed by atoms with E-state index in [4.69, 9.17) is 16.3 Å². The molecule has 1 N–H and O–H groups in total. The molecule has 138 valence electrons. The van der Waals surface area contributed by atoms with Crippen LogP contribution in [-0.4, -0.2) is 27.9 Å². The normalized spacial score (nSPS) is 12.9. The van der Waals surface area contributed by atoms with Gasteiger partial charge in [0, 0.05) is 16.5 Å². The largest absolute Gasteiger partial charge is 0.449 e. The van der Waals surface area contributed by atoms with Crippen molar-refractivity contribution in [3.05, 3.63) is 58.6 Å². The van der Waals surface area contributed by atoms with Gasteiger partial charge in [0.2, 0.25) is 0 Å². The molecule has 0 aromatic heterocycles. The van der Waals surface area contributed by atoms with Gasteiger partial charge in [-0.2, -0.15) is 0 Å². The summed E-state index contributed by atoms with van der Waals surface area (Å²) in [6.45, 7) is 5.03. The van der Waals surface area contributed by atoms with Crippen LogP contribution in [0.5, 0.6) is 0 Å². The van der Waals surface area contributed by atoms with Crippen LogP contribution in [0.4, 0.5) is 5.69 Å². The molecule has 2 aromatic rings. The number of hydrogen-bond donors (Lipinski definition) is 1. The number of anilines is 1. The molecular weight excluding hydrogens is 374 g/mol. The molecule has 0 radical (unpaired) electrons. The number of carbonyl (C=O) groups is 2. The summed E-state index contributed by atoms with van der Waals surface area (Å²) in [5.41, 5.74) is 1.48. The number of benzene rings is 2. The Morgan fingerprint density at radius 2 is 1.88 bits per heavy atom. The topological polar surface area (TPSA) is 72.5 Å². The molecule has 0 saturated carbocycles. The minimum Gasteiger partial charge on any atom is -0.449 e. The van der Waals surface area contributed by atoms with Crippen LogP contribution in [0.2, 0.25) is 5.02 Å². The van der Waals surface area contributed by atoms with Gasteiger partial charge in [-0.1, -0.05) is 36.7 Å². The number of carbonyl (C=O) groups excluding carboxylic acids is 2. The van der Waals surface area contributed by atoms with Gasteiger partial charge in [-0.25, -0.2) is 4.79 Å². The van der Waals surface area contributed by atoms with Crippen molar-refractivity contribution in [1.29, 1.82) is 0 Å². The highest BCUT2D eigenvalue weighted by molar-refractivity contribution is 7.85. The summed E-state index contributed by atoms with van der Waals surface area (Å²) in [5, 5.41) is 3.23. The summed E-state index contributed by atoms with van der Waals surface area (Å²) in [7, 11) is -1.30. The van der Waals surface area contributed by atoms with Gasteiger partial charge in [0.1, 0.15) is 0 Å². The molecule has 7 heteroatoms. The molecule has 1 amide bonds. The van der Waals surface area contributed by atoms with Crippen molar-refractivity contribution < 1.29 is 18.5 Å². The first-order valence-electron chi connectivity index (χ1n) is 8.09. The number of halogens is 1. The van der Waals surface area contributed by atoms with Gasteiger partial charge >= 0.3 is 5.97 Å². The Hall–Kier alpha value is -2.18. The Labute approximate surface area is 160 Å². The van der Waals surface area contributed by atoms with Gasteiger partial charge in [0.05, 0.1) is 21.3 Å². The molecule has 5 nitrogen and oxygen atoms in total. The molecule has 0 fully saturated rings. The van der Waals surface area contributed by atoms with E-state index in [1.165, 1.54) is 13.0 Å². The molecule has 2 aromatic carbocycles. The Bertz CT molecular complexity index is 853. The van der Waals surface area contributed by atoms with Crippen LogP contribution in [0.1, 0.15) is 29.8 Å². The van der Waals surface area contributed by atoms with Crippen molar-refractivity contribution in [2.75, 3.05) is 11.1 Å². The average molecular weight is 394 g/mol. The van der Waals surface area contributed by atoms with Gasteiger partial charge in [-0.15, -0.1) is 0 Å². The summed E-state index contributed by atoms with van der Waals surface area (Å²) < 4.78 is 17.3. The van der Waals surface area contributed by atoms with Crippen LogP contribution >= 0.6 is 11.6 Å². The van der Waals surface area contributed by atoms with E-state index in [2.05, 4.69) is 5.32 Å². The Balaban J connectivity index is 2.11. The average Bonchev–Trinajstić information content (AvgIpc) is 2.64. The lowest BCUT2D eigenvalue weighted by Gasteiger charge is -2.16. The first kappa shape index (κ1) is 20.1. The fourth-order valence-corrected chi connectivity index (χ4v) is 3.36. The Morgan fingerprint density at radius 3 is 2.58 bits per heavy atom. The maximum atomic E-state index is 12.4. The fourth-order valence-electron chi connectivity index (χ4n) is 2.24. The maximum Gasteiger partial charge on any atom is 0.340 e. The van der Waals surface area contributed by atoms with Gasteiger partial charge in [-0.05, 0) is 43.7 Å². The zero-order valence-electron chi connectivity index (χ0n) is 14.7. The molecule has 26 heavy (non-hydrogen) atoms. The third kappa shape index (κ3) is 4.71. The second-order valence-electron chi connectivity index (χ2n) is 5.58. The van der Waals surface area contributed by atoms with E-state index in [9.17, 15) is 13.8 Å². The van der Waals surface area contributed by atoms with Crippen LogP contribution in [0.25, 0.3) is 0 Å². The monoisotopic (exact) mass is 393 g/mol. The first-order valence-corrected chi connectivity index (χ1v) is 9.79. The number of rotatable bonds is 6. The lowest BCUT2D eigenvalue weighted by molar-refractivity contribution is -0.123. The predicted octanol–water partition coefficient (Wildman–Crippen LogP) is 3.96. The minimum absolute atomic E-state index is 0.200. The van der Waals surface area contributed by atoms with Crippen LogP contribution in [0.15, 0.2) is 47.4 Å². The second kappa shape index (κ2) is 8.96. The highest BCUT2D eigenvalue weighted by Gasteiger charge is 2.22. The summed E-state index contributed by atoms with van der Waals surface area (Å²) in [4.78, 5) is 25.1. The van der Waals surface area contributed by atoms with Crippen molar-refractivity contribution in [2.45, 2.75) is 31.8 Å². The highest BCUT2D eigenvalue weighted by atomic mass is 35.5. The van der Waals surface area contributed by atoms with E-state index < -0.39 is 28.8 Å². The third-order valence-corrected chi connectivity index (χ3v) is 5.57. The van der Waals surface area contributed by atoms with E-state index in [0.717, 1.165) is 5.56 Å². The Kier molecular flexibility index (Phi) is 6.94. The summed E-state index contributed by atoms with van der Waals surface area (Å²) in [5.74, 6) is -0.778. The Morgan fingerprint density at radius 1 is 1.19 bits per heavy atom. The first-order chi connectivity index (χ1) is 12.3. The molecule has 0 spiro atoms. The summed E-state index contributed by atoms with van der Waals surface area (Å²) in [6.07, 6.45) is -1.02. The molecule has 0 aliphatic heterocycles. The SMILES string of the molecule is CC[S@](=O)c1ccccc1C(=O)O[C@@H](C)C(=O)Nc1cccc(Cl)c1C. The van der Waals surface area contributed by atoms with Crippen molar-refractivity contribution >= 4 is 40.0 Å². The van der Waals surface area contributed by atoms with Crippen LogP contribution < -0.4 is 5.32 Å². The van der Waals surface area contributed by atoms with E-state index in [-0.39, 0.29) is 5.56 Å². The molecule has 0 aliphatic carbocycles. The highest BCUT2D eigenvalue weighted by Crippen LogP contribution is 2.23. The number of amides is 1. The quantitative estimate of drug-likeness (QED) is 0.754. The fraction of sp³-hybridized carbons (Fsp3) is 0.263. The van der Waals surface area contributed by atoms with Gasteiger partial charge < -0.3 is 10.1 Å². The lowest BCUT2D eigenvalue weighted by Crippen LogP contribution is -2.30. The molecular formula is C19H20ClNO4S. The van der Waals surface area contributed by atoms with E-state index >= 15 is 0 Å².